The highest BCUT2D eigenvalue weighted by atomic mass is 35.5. The van der Waals surface area contributed by atoms with Gasteiger partial charge in [0.2, 0.25) is 0 Å². The molecule has 2 atom stereocenters. The number of rotatable bonds is 6. The Hall–Kier alpha value is -2.30. The first kappa shape index (κ1) is 18.1. The van der Waals surface area contributed by atoms with Crippen molar-refractivity contribution in [2.75, 3.05) is 6.61 Å². The van der Waals surface area contributed by atoms with E-state index in [4.69, 9.17) is 16.3 Å². The van der Waals surface area contributed by atoms with E-state index in [1.165, 1.54) is 11.1 Å². The Morgan fingerprint density at radius 2 is 2.15 bits per heavy atom. The van der Waals surface area contributed by atoms with Gasteiger partial charge in [0.05, 0.1) is 12.3 Å². The second kappa shape index (κ2) is 7.75. The van der Waals surface area contributed by atoms with Crippen molar-refractivity contribution in [3.05, 3.63) is 76.6 Å². The average molecular weight is 382 g/mol. The van der Waals surface area contributed by atoms with E-state index in [0.29, 0.717) is 0 Å². The van der Waals surface area contributed by atoms with E-state index in [-0.39, 0.29) is 12.1 Å². The molecule has 0 spiro atoms. The highest BCUT2D eigenvalue weighted by Gasteiger charge is 2.24. The predicted octanol–water partition coefficient (Wildman–Crippen LogP) is 5.26. The first-order valence-corrected chi connectivity index (χ1v) is 9.84. The zero-order chi connectivity index (χ0) is 18.8. The van der Waals surface area contributed by atoms with Crippen molar-refractivity contribution in [1.29, 1.82) is 0 Å². The molecule has 3 aromatic rings. The Balaban J connectivity index is 1.59. The lowest BCUT2D eigenvalue weighted by molar-refractivity contribution is 0.344. The zero-order valence-corrected chi connectivity index (χ0v) is 16.4. The van der Waals surface area contributed by atoms with Crippen LogP contribution in [0.1, 0.15) is 49.0 Å². The van der Waals surface area contributed by atoms with E-state index in [0.717, 1.165) is 41.5 Å². The number of nitrogens with one attached hydrogen (secondary N) is 1. The number of hydrogen-bond donors (Lipinski definition) is 1. The molecule has 2 aromatic carbocycles. The molecule has 4 rings (SSSR count). The highest BCUT2D eigenvalue weighted by Crippen LogP contribution is 2.38. The quantitative estimate of drug-likeness (QED) is 0.632. The Morgan fingerprint density at radius 3 is 2.93 bits per heavy atom. The largest absolute Gasteiger partial charge is 0.493 e. The molecule has 140 valence electrons. The summed E-state index contributed by atoms with van der Waals surface area (Å²) >= 11 is 6.37. The number of halogens is 1. The summed E-state index contributed by atoms with van der Waals surface area (Å²) in [5.41, 5.74) is 4.66. The molecule has 0 radical (unpaired) electrons. The van der Waals surface area contributed by atoms with Crippen LogP contribution in [-0.2, 0) is 6.42 Å². The topological polar surface area (TPSA) is 39.1 Å². The summed E-state index contributed by atoms with van der Waals surface area (Å²) < 4.78 is 7.79. The molecule has 2 unspecified atom stereocenters. The molecule has 0 saturated heterocycles. The molecule has 2 heterocycles. The minimum absolute atomic E-state index is 0.180. The molecular formula is C22H24ClN3O. The first-order chi connectivity index (χ1) is 13.2. The van der Waals surface area contributed by atoms with Gasteiger partial charge >= 0.3 is 0 Å². The van der Waals surface area contributed by atoms with Gasteiger partial charge in [0.25, 0.3) is 0 Å². The van der Waals surface area contributed by atoms with Gasteiger partial charge in [-0.2, -0.15) is 5.10 Å². The Bertz CT molecular complexity index is 923. The summed E-state index contributed by atoms with van der Waals surface area (Å²) in [5, 5.41) is 8.87. The van der Waals surface area contributed by atoms with E-state index in [1.54, 1.807) is 6.20 Å². The van der Waals surface area contributed by atoms with E-state index >= 15 is 0 Å². The third-order valence-corrected chi connectivity index (χ3v) is 5.37. The van der Waals surface area contributed by atoms with E-state index in [9.17, 15) is 0 Å². The summed E-state index contributed by atoms with van der Waals surface area (Å²) in [6, 6.07) is 14.8. The molecule has 4 nitrogen and oxygen atoms in total. The molecule has 0 aliphatic carbocycles. The maximum absolute atomic E-state index is 6.37. The van der Waals surface area contributed by atoms with Gasteiger partial charge in [0, 0.05) is 41.5 Å². The van der Waals surface area contributed by atoms with Gasteiger partial charge in [-0.05, 0) is 54.8 Å². The fourth-order valence-electron chi connectivity index (χ4n) is 3.74. The van der Waals surface area contributed by atoms with Gasteiger partial charge in [-0.1, -0.05) is 30.7 Å². The first-order valence-electron chi connectivity index (χ1n) is 9.47. The SMILES string of the molecule is CCC(NC(C)c1cccc(-n2cccn2)c1)c1cc(Cl)cc2c1OCC2. The van der Waals surface area contributed by atoms with Gasteiger partial charge < -0.3 is 10.1 Å². The van der Waals surface area contributed by atoms with Crippen LogP contribution in [0, 0.1) is 0 Å². The van der Waals surface area contributed by atoms with Crippen LogP contribution in [0.2, 0.25) is 5.02 Å². The molecule has 0 bridgehead atoms. The molecule has 1 aliphatic rings. The minimum Gasteiger partial charge on any atom is -0.493 e. The van der Waals surface area contributed by atoms with Crippen molar-refractivity contribution in [3.8, 4) is 11.4 Å². The maximum Gasteiger partial charge on any atom is 0.127 e. The number of benzene rings is 2. The number of ether oxygens (including phenoxy) is 1. The summed E-state index contributed by atoms with van der Waals surface area (Å²) in [4.78, 5) is 0. The van der Waals surface area contributed by atoms with Crippen LogP contribution >= 0.6 is 11.6 Å². The lowest BCUT2D eigenvalue weighted by Gasteiger charge is -2.25. The fraction of sp³-hybridized carbons (Fsp3) is 0.318. The monoisotopic (exact) mass is 381 g/mol. The van der Waals surface area contributed by atoms with Crippen LogP contribution in [0.25, 0.3) is 5.69 Å². The molecule has 1 aliphatic heterocycles. The van der Waals surface area contributed by atoms with Crippen molar-refractivity contribution < 1.29 is 4.74 Å². The number of fused-ring (bicyclic) bond motifs is 1. The molecule has 1 aromatic heterocycles. The Morgan fingerprint density at radius 1 is 1.26 bits per heavy atom. The lowest BCUT2D eigenvalue weighted by Crippen LogP contribution is -2.24. The second-order valence-corrected chi connectivity index (χ2v) is 7.41. The summed E-state index contributed by atoms with van der Waals surface area (Å²) in [5.74, 6) is 1.01. The number of nitrogens with zero attached hydrogens (tertiary/aromatic N) is 2. The van der Waals surface area contributed by atoms with Crippen molar-refractivity contribution in [2.24, 2.45) is 0 Å². The second-order valence-electron chi connectivity index (χ2n) is 6.98. The maximum atomic E-state index is 6.37. The summed E-state index contributed by atoms with van der Waals surface area (Å²) in [6.45, 7) is 5.11. The van der Waals surface area contributed by atoms with Crippen LogP contribution in [0.3, 0.4) is 0 Å². The fourth-order valence-corrected chi connectivity index (χ4v) is 3.99. The average Bonchev–Trinajstić information content (AvgIpc) is 3.37. The standard InChI is InChI=1S/C22H24ClN3O/c1-3-21(20-14-18(23)12-17-8-11-27-22(17)20)25-15(2)16-6-4-7-19(13-16)26-10-5-9-24-26/h4-7,9-10,12-15,21,25H,3,8,11H2,1-2H3. The van der Waals surface area contributed by atoms with Crippen molar-refractivity contribution >= 4 is 11.6 Å². The molecule has 1 N–H and O–H groups in total. The van der Waals surface area contributed by atoms with Gasteiger partial charge in [-0.15, -0.1) is 0 Å². The van der Waals surface area contributed by atoms with Crippen LogP contribution in [-0.4, -0.2) is 16.4 Å². The third kappa shape index (κ3) is 3.73. The van der Waals surface area contributed by atoms with Crippen molar-refractivity contribution in [2.45, 2.75) is 38.8 Å². The summed E-state index contributed by atoms with van der Waals surface area (Å²) in [6.07, 6.45) is 5.64. The van der Waals surface area contributed by atoms with E-state index < -0.39 is 0 Å². The van der Waals surface area contributed by atoms with E-state index in [2.05, 4.69) is 48.5 Å². The van der Waals surface area contributed by atoms with Crippen LogP contribution in [0.15, 0.2) is 54.9 Å². The molecule has 27 heavy (non-hydrogen) atoms. The van der Waals surface area contributed by atoms with Crippen LogP contribution < -0.4 is 10.1 Å². The van der Waals surface area contributed by atoms with Crippen LogP contribution in [0.5, 0.6) is 5.75 Å². The third-order valence-electron chi connectivity index (χ3n) is 5.15. The molecule has 5 heteroatoms. The number of hydrogen-bond acceptors (Lipinski definition) is 3. The zero-order valence-electron chi connectivity index (χ0n) is 15.7. The van der Waals surface area contributed by atoms with E-state index in [1.807, 2.05) is 29.1 Å². The van der Waals surface area contributed by atoms with Crippen molar-refractivity contribution in [1.82, 2.24) is 15.1 Å². The molecular weight excluding hydrogens is 358 g/mol. The predicted molar refractivity (Wildman–Crippen MR) is 109 cm³/mol. The van der Waals surface area contributed by atoms with Gasteiger partial charge in [-0.25, -0.2) is 4.68 Å². The highest BCUT2D eigenvalue weighted by molar-refractivity contribution is 6.30. The minimum atomic E-state index is 0.180. The van der Waals surface area contributed by atoms with Gasteiger partial charge in [0.1, 0.15) is 5.75 Å². The van der Waals surface area contributed by atoms with Crippen LogP contribution in [0.4, 0.5) is 0 Å². The summed E-state index contributed by atoms with van der Waals surface area (Å²) in [7, 11) is 0. The van der Waals surface area contributed by atoms with Gasteiger partial charge in [-0.3, -0.25) is 0 Å². The molecule has 0 fully saturated rings. The normalized spacial score (nSPS) is 15.2. The number of aromatic nitrogens is 2. The molecule has 0 amide bonds. The Labute approximate surface area is 165 Å². The molecule has 0 saturated carbocycles. The van der Waals surface area contributed by atoms with Gasteiger partial charge in [0.15, 0.2) is 0 Å². The lowest BCUT2D eigenvalue weighted by atomic mass is 9.98. The smallest absolute Gasteiger partial charge is 0.127 e. The van der Waals surface area contributed by atoms with Crippen molar-refractivity contribution in [3.63, 3.8) is 0 Å². The Kier molecular flexibility index (Phi) is 5.19.